The van der Waals surface area contributed by atoms with Crippen molar-refractivity contribution in [2.24, 2.45) is 0 Å². The van der Waals surface area contributed by atoms with Crippen molar-refractivity contribution in [2.75, 3.05) is 31.1 Å². The largest absolute Gasteiger partial charge is 0.369 e. The minimum absolute atomic E-state index is 0.0717. The van der Waals surface area contributed by atoms with Crippen molar-refractivity contribution in [2.45, 2.75) is 18.2 Å². The van der Waals surface area contributed by atoms with Crippen LogP contribution in [0.3, 0.4) is 0 Å². The van der Waals surface area contributed by atoms with Crippen molar-refractivity contribution >= 4 is 38.9 Å². The van der Waals surface area contributed by atoms with Gasteiger partial charge in [0.15, 0.2) is 0 Å². The molecular weight excluding hydrogens is 379 g/mol. The summed E-state index contributed by atoms with van der Waals surface area (Å²) in [6.07, 6.45) is 1.01. The lowest BCUT2D eigenvalue weighted by Gasteiger charge is -2.35. The Morgan fingerprint density at radius 1 is 0.960 bits per heavy atom. The van der Waals surface area contributed by atoms with E-state index in [0.717, 1.165) is 12.1 Å². The number of benzene rings is 2. The maximum absolute atomic E-state index is 12.9. The van der Waals surface area contributed by atoms with Gasteiger partial charge in [0.25, 0.3) is 0 Å². The van der Waals surface area contributed by atoms with E-state index in [9.17, 15) is 8.42 Å². The van der Waals surface area contributed by atoms with Crippen LogP contribution in [-0.2, 0) is 16.4 Å². The first-order chi connectivity index (χ1) is 11.9. The van der Waals surface area contributed by atoms with Gasteiger partial charge in [-0.15, -0.1) is 0 Å². The molecule has 2 aromatic carbocycles. The molecule has 1 saturated heterocycles. The Kier molecular flexibility index (Phi) is 5.58. The van der Waals surface area contributed by atoms with Crippen LogP contribution >= 0.6 is 23.2 Å². The normalized spacial score (nSPS) is 16.2. The molecule has 4 nitrogen and oxygen atoms in total. The fraction of sp³-hybridized carbons (Fsp3) is 0.333. The molecule has 1 fully saturated rings. The van der Waals surface area contributed by atoms with Gasteiger partial charge in [-0.25, -0.2) is 8.42 Å². The SMILES string of the molecule is CCc1ccc(N2CCN(S(=O)(=O)c3cc(Cl)ccc3Cl)CC2)cc1. The monoisotopic (exact) mass is 398 g/mol. The lowest BCUT2D eigenvalue weighted by molar-refractivity contribution is 0.385. The van der Waals surface area contributed by atoms with Crippen molar-refractivity contribution in [3.8, 4) is 0 Å². The summed E-state index contributed by atoms with van der Waals surface area (Å²) in [5.74, 6) is 0. The van der Waals surface area contributed by atoms with Crippen LogP contribution in [0, 0.1) is 0 Å². The summed E-state index contributed by atoms with van der Waals surface area (Å²) in [6.45, 7) is 4.24. The summed E-state index contributed by atoms with van der Waals surface area (Å²) in [5, 5.41) is 0.555. The third-order valence-corrected chi connectivity index (χ3v) is 7.07. The Morgan fingerprint density at radius 2 is 1.60 bits per heavy atom. The molecule has 0 unspecified atom stereocenters. The molecule has 0 aliphatic carbocycles. The van der Waals surface area contributed by atoms with Crippen molar-refractivity contribution in [1.29, 1.82) is 0 Å². The molecule has 0 radical (unpaired) electrons. The number of nitrogens with zero attached hydrogens (tertiary/aromatic N) is 2. The third-order valence-electron chi connectivity index (χ3n) is 4.46. The Hall–Kier alpha value is -1.27. The number of halogens is 2. The van der Waals surface area contributed by atoms with Crippen LogP contribution in [0.25, 0.3) is 0 Å². The first-order valence-electron chi connectivity index (χ1n) is 8.21. The predicted octanol–water partition coefficient (Wildman–Crippen LogP) is 4.07. The highest BCUT2D eigenvalue weighted by Gasteiger charge is 2.30. The van der Waals surface area contributed by atoms with E-state index < -0.39 is 10.0 Å². The summed E-state index contributed by atoms with van der Waals surface area (Å²) in [7, 11) is -3.64. The number of anilines is 1. The number of hydrogen-bond donors (Lipinski definition) is 0. The van der Waals surface area contributed by atoms with E-state index in [1.807, 2.05) is 0 Å². The summed E-state index contributed by atoms with van der Waals surface area (Å²) in [6, 6.07) is 12.9. The fourth-order valence-electron chi connectivity index (χ4n) is 2.94. The van der Waals surface area contributed by atoms with E-state index in [1.165, 1.54) is 22.0 Å². The number of sulfonamides is 1. The minimum atomic E-state index is -3.64. The number of piperazine rings is 1. The predicted molar refractivity (Wildman–Crippen MR) is 103 cm³/mol. The van der Waals surface area contributed by atoms with E-state index in [1.54, 1.807) is 6.07 Å². The molecule has 0 saturated carbocycles. The fourth-order valence-corrected chi connectivity index (χ4v) is 5.10. The maximum atomic E-state index is 12.9. The van der Waals surface area contributed by atoms with Crippen molar-refractivity contribution in [3.05, 3.63) is 58.1 Å². The molecule has 0 atom stereocenters. The van der Waals surface area contributed by atoms with Gasteiger partial charge in [-0.1, -0.05) is 42.3 Å². The first kappa shape index (κ1) is 18.5. The van der Waals surface area contributed by atoms with Crippen molar-refractivity contribution in [3.63, 3.8) is 0 Å². The first-order valence-corrected chi connectivity index (χ1v) is 10.4. The molecule has 0 amide bonds. The molecular formula is C18H20Cl2N2O2S. The van der Waals surface area contributed by atoms with Gasteiger partial charge >= 0.3 is 0 Å². The summed E-state index contributed by atoms with van der Waals surface area (Å²) < 4.78 is 27.2. The average molecular weight is 399 g/mol. The smallest absolute Gasteiger partial charge is 0.244 e. The van der Waals surface area contributed by atoms with Crippen LogP contribution in [0.2, 0.25) is 10.0 Å². The highest BCUT2D eigenvalue weighted by Crippen LogP contribution is 2.29. The van der Waals surface area contributed by atoms with E-state index in [-0.39, 0.29) is 9.92 Å². The maximum Gasteiger partial charge on any atom is 0.244 e. The molecule has 0 spiro atoms. The Labute approximate surface area is 159 Å². The molecule has 0 N–H and O–H groups in total. The lowest BCUT2D eigenvalue weighted by atomic mass is 10.1. The zero-order valence-corrected chi connectivity index (χ0v) is 16.3. The summed E-state index contributed by atoms with van der Waals surface area (Å²) >= 11 is 12.0. The molecule has 7 heteroatoms. The zero-order chi connectivity index (χ0) is 18.0. The van der Waals surface area contributed by atoms with Gasteiger partial charge in [-0.05, 0) is 42.3 Å². The van der Waals surface area contributed by atoms with Crippen molar-refractivity contribution < 1.29 is 8.42 Å². The second-order valence-corrected chi connectivity index (χ2v) is 8.74. The number of rotatable bonds is 4. The second kappa shape index (κ2) is 7.54. The molecule has 0 aromatic heterocycles. The van der Waals surface area contributed by atoms with Gasteiger partial charge < -0.3 is 4.90 Å². The van der Waals surface area contributed by atoms with E-state index in [2.05, 4.69) is 36.1 Å². The standard InChI is InChI=1S/C18H20Cl2N2O2S/c1-2-14-3-6-16(7-4-14)21-9-11-22(12-10-21)25(23,24)18-13-15(19)5-8-17(18)20/h3-8,13H,2,9-12H2,1H3. The van der Waals surface area contributed by atoms with Gasteiger partial charge in [0.05, 0.1) is 5.02 Å². The van der Waals surface area contributed by atoms with E-state index in [4.69, 9.17) is 23.2 Å². The molecule has 1 aliphatic heterocycles. The molecule has 1 heterocycles. The van der Waals surface area contributed by atoms with Crippen molar-refractivity contribution in [1.82, 2.24) is 4.31 Å². The molecule has 0 bridgehead atoms. The minimum Gasteiger partial charge on any atom is -0.369 e. The lowest BCUT2D eigenvalue weighted by Crippen LogP contribution is -2.48. The summed E-state index contributed by atoms with van der Waals surface area (Å²) in [4.78, 5) is 2.27. The number of hydrogen-bond acceptors (Lipinski definition) is 3. The van der Waals surface area contributed by atoms with E-state index in [0.29, 0.717) is 31.2 Å². The Morgan fingerprint density at radius 3 is 2.20 bits per heavy atom. The highest BCUT2D eigenvalue weighted by molar-refractivity contribution is 7.89. The highest BCUT2D eigenvalue weighted by atomic mass is 35.5. The molecule has 25 heavy (non-hydrogen) atoms. The van der Waals surface area contributed by atoms with Crippen LogP contribution in [0.5, 0.6) is 0 Å². The van der Waals surface area contributed by atoms with E-state index >= 15 is 0 Å². The van der Waals surface area contributed by atoms with Crippen LogP contribution in [0.1, 0.15) is 12.5 Å². The van der Waals surface area contributed by atoms with Gasteiger partial charge in [-0.3, -0.25) is 0 Å². The topological polar surface area (TPSA) is 40.6 Å². The van der Waals surface area contributed by atoms with Crippen LogP contribution in [-0.4, -0.2) is 38.9 Å². The number of aryl methyl sites for hydroxylation is 1. The van der Waals surface area contributed by atoms with Gasteiger partial charge in [0, 0.05) is 36.9 Å². The van der Waals surface area contributed by atoms with Gasteiger partial charge in [0.2, 0.25) is 10.0 Å². The van der Waals surface area contributed by atoms with Gasteiger partial charge in [0.1, 0.15) is 4.90 Å². The van der Waals surface area contributed by atoms with Crippen LogP contribution in [0.15, 0.2) is 47.4 Å². The van der Waals surface area contributed by atoms with Crippen LogP contribution < -0.4 is 4.90 Å². The Bertz CT molecular complexity index is 846. The average Bonchev–Trinajstić information content (AvgIpc) is 2.64. The Balaban J connectivity index is 1.73. The zero-order valence-electron chi connectivity index (χ0n) is 14.0. The summed E-state index contributed by atoms with van der Waals surface area (Å²) in [5.41, 5.74) is 2.41. The van der Waals surface area contributed by atoms with Gasteiger partial charge in [-0.2, -0.15) is 4.31 Å². The molecule has 1 aliphatic rings. The molecule has 134 valence electrons. The second-order valence-electron chi connectivity index (χ2n) is 5.99. The third kappa shape index (κ3) is 3.95. The molecule has 3 rings (SSSR count). The van der Waals surface area contributed by atoms with Crippen LogP contribution in [0.4, 0.5) is 5.69 Å². The quantitative estimate of drug-likeness (QED) is 0.779. The molecule has 2 aromatic rings.